The molecule has 1 heterocycles. The molecule has 0 radical (unpaired) electrons. The largest absolute Gasteiger partial charge is 0.395 e. The average Bonchev–Trinajstić information content (AvgIpc) is 2.19. The molecule has 1 aliphatic heterocycles. The lowest BCUT2D eigenvalue weighted by molar-refractivity contribution is 0.232. The summed E-state index contributed by atoms with van der Waals surface area (Å²) < 4.78 is 24.8. The van der Waals surface area contributed by atoms with E-state index in [1.54, 1.807) is 0 Å². The van der Waals surface area contributed by atoms with E-state index < -0.39 is 10.0 Å². The molecule has 0 aliphatic carbocycles. The summed E-state index contributed by atoms with van der Waals surface area (Å²) in [7, 11) is -3.26. The molecule has 0 aromatic rings. The molecule has 1 fully saturated rings. The van der Waals surface area contributed by atoms with Crippen LogP contribution >= 0.6 is 0 Å². The van der Waals surface area contributed by atoms with E-state index in [9.17, 15) is 8.42 Å². The van der Waals surface area contributed by atoms with E-state index in [1.165, 1.54) is 19.3 Å². The maximum absolute atomic E-state index is 11.2. The van der Waals surface area contributed by atoms with Crippen LogP contribution in [-0.2, 0) is 10.0 Å². The van der Waals surface area contributed by atoms with Gasteiger partial charge in [-0.3, -0.25) is 0 Å². The van der Waals surface area contributed by atoms with Gasteiger partial charge in [0.2, 0.25) is 10.0 Å². The predicted octanol–water partition coefficient (Wildman–Crippen LogP) is -0.616. The molecule has 90 valence electrons. The Kier molecular flexibility index (Phi) is 5.52. The number of rotatable bonds is 6. The Morgan fingerprint density at radius 1 is 1.20 bits per heavy atom. The number of piperidine rings is 1. The molecule has 2 N–H and O–H groups in total. The summed E-state index contributed by atoms with van der Waals surface area (Å²) in [4.78, 5) is 2.27. The highest BCUT2D eigenvalue weighted by Gasteiger charge is 2.12. The molecule has 0 saturated carbocycles. The fraction of sp³-hybridized carbons (Fsp3) is 1.00. The van der Waals surface area contributed by atoms with E-state index in [0.29, 0.717) is 6.54 Å². The Hall–Kier alpha value is -0.170. The van der Waals surface area contributed by atoms with Crippen LogP contribution in [0.3, 0.4) is 0 Å². The summed E-state index contributed by atoms with van der Waals surface area (Å²) in [5, 5.41) is 8.52. The fourth-order valence-corrected chi connectivity index (χ4v) is 2.52. The average molecular weight is 236 g/mol. The van der Waals surface area contributed by atoms with Crippen molar-refractivity contribution in [2.45, 2.75) is 19.3 Å². The van der Waals surface area contributed by atoms with Crippen LogP contribution in [0.4, 0.5) is 0 Å². The van der Waals surface area contributed by atoms with Crippen molar-refractivity contribution in [3.05, 3.63) is 0 Å². The van der Waals surface area contributed by atoms with Gasteiger partial charge in [0, 0.05) is 13.1 Å². The van der Waals surface area contributed by atoms with E-state index in [-0.39, 0.29) is 12.4 Å². The van der Waals surface area contributed by atoms with Gasteiger partial charge in [-0.05, 0) is 25.9 Å². The third kappa shape index (κ3) is 5.46. The first-order chi connectivity index (χ1) is 7.14. The van der Waals surface area contributed by atoms with E-state index >= 15 is 0 Å². The maximum atomic E-state index is 11.2. The summed E-state index contributed by atoms with van der Waals surface area (Å²) in [6.45, 7) is 3.04. The second-order valence-corrected chi connectivity index (χ2v) is 5.77. The molecule has 5 nitrogen and oxygen atoms in total. The normalized spacial score (nSPS) is 19.3. The number of likely N-dealkylation sites (tertiary alicyclic amines) is 1. The second kappa shape index (κ2) is 6.42. The summed E-state index contributed by atoms with van der Waals surface area (Å²) in [6.07, 6.45) is 3.71. The number of aliphatic hydroxyl groups is 1. The van der Waals surface area contributed by atoms with Gasteiger partial charge < -0.3 is 10.0 Å². The minimum atomic E-state index is -3.26. The predicted molar refractivity (Wildman–Crippen MR) is 59.2 cm³/mol. The van der Waals surface area contributed by atoms with Crippen molar-refractivity contribution in [3.8, 4) is 0 Å². The molecule has 1 aliphatic rings. The van der Waals surface area contributed by atoms with Gasteiger partial charge in [-0.15, -0.1) is 0 Å². The Morgan fingerprint density at radius 3 is 2.47 bits per heavy atom. The molecule has 0 spiro atoms. The monoisotopic (exact) mass is 236 g/mol. The third-order valence-electron chi connectivity index (χ3n) is 2.56. The number of nitrogens with one attached hydrogen (secondary N) is 1. The quantitative estimate of drug-likeness (QED) is 0.645. The van der Waals surface area contributed by atoms with Crippen molar-refractivity contribution in [2.75, 3.05) is 38.5 Å². The van der Waals surface area contributed by atoms with Gasteiger partial charge in [-0.1, -0.05) is 6.42 Å². The minimum Gasteiger partial charge on any atom is -0.395 e. The van der Waals surface area contributed by atoms with Crippen LogP contribution in [0.25, 0.3) is 0 Å². The minimum absolute atomic E-state index is 0.201. The van der Waals surface area contributed by atoms with Crippen molar-refractivity contribution in [2.24, 2.45) is 0 Å². The SMILES string of the molecule is O=S(=O)(CCO)NCCN1CCCCC1. The van der Waals surface area contributed by atoms with Crippen LogP contribution in [0.2, 0.25) is 0 Å². The summed E-state index contributed by atoms with van der Waals surface area (Å²) in [5.41, 5.74) is 0. The standard InChI is InChI=1S/C9H20N2O3S/c12-8-9-15(13,14)10-4-7-11-5-2-1-3-6-11/h10,12H,1-9H2. The lowest BCUT2D eigenvalue weighted by atomic mass is 10.1. The van der Waals surface area contributed by atoms with Gasteiger partial charge in [0.05, 0.1) is 12.4 Å². The second-order valence-electron chi connectivity index (χ2n) is 3.84. The Bertz CT molecular complexity index is 261. The van der Waals surface area contributed by atoms with Crippen molar-refractivity contribution < 1.29 is 13.5 Å². The highest BCUT2D eigenvalue weighted by atomic mass is 32.2. The summed E-state index contributed by atoms with van der Waals surface area (Å²) >= 11 is 0. The first-order valence-corrected chi connectivity index (χ1v) is 7.10. The van der Waals surface area contributed by atoms with E-state index in [0.717, 1.165) is 19.6 Å². The first kappa shape index (κ1) is 12.9. The highest BCUT2D eigenvalue weighted by Crippen LogP contribution is 2.07. The van der Waals surface area contributed by atoms with Gasteiger partial charge >= 0.3 is 0 Å². The molecule has 1 rings (SSSR count). The lowest BCUT2D eigenvalue weighted by Crippen LogP contribution is -2.38. The Labute approximate surface area is 91.5 Å². The number of hydrogen-bond acceptors (Lipinski definition) is 4. The van der Waals surface area contributed by atoms with Crippen LogP contribution in [0.1, 0.15) is 19.3 Å². The summed E-state index contributed by atoms with van der Waals surface area (Å²) in [5.74, 6) is -0.201. The molecule has 0 atom stereocenters. The van der Waals surface area contributed by atoms with Crippen molar-refractivity contribution in [1.29, 1.82) is 0 Å². The maximum Gasteiger partial charge on any atom is 0.213 e. The topological polar surface area (TPSA) is 69.6 Å². The lowest BCUT2D eigenvalue weighted by Gasteiger charge is -2.26. The van der Waals surface area contributed by atoms with Crippen LogP contribution in [-0.4, -0.2) is 57.0 Å². The molecule has 6 heteroatoms. The van der Waals surface area contributed by atoms with Gasteiger partial charge in [0.15, 0.2) is 0 Å². The number of aliphatic hydroxyl groups excluding tert-OH is 1. The zero-order valence-corrected chi connectivity index (χ0v) is 9.80. The molecule has 15 heavy (non-hydrogen) atoms. The zero-order chi connectivity index (χ0) is 11.1. The van der Waals surface area contributed by atoms with Gasteiger partial charge in [0.1, 0.15) is 0 Å². The van der Waals surface area contributed by atoms with Crippen LogP contribution < -0.4 is 4.72 Å². The van der Waals surface area contributed by atoms with Crippen LogP contribution in [0.15, 0.2) is 0 Å². The smallest absolute Gasteiger partial charge is 0.213 e. The Balaban J connectivity index is 2.14. The van der Waals surface area contributed by atoms with E-state index in [4.69, 9.17) is 5.11 Å². The molecule has 0 aromatic carbocycles. The van der Waals surface area contributed by atoms with Crippen LogP contribution in [0, 0.1) is 0 Å². The number of sulfonamides is 1. The molecular weight excluding hydrogens is 216 g/mol. The van der Waals surface area contributed by atoms with E-state index in [2.05, 4.69) is 9.62 Å². The fourth-order valence-electron chi connectivity index (χ4n) is 1.73. The molecule has 1 saturated heterocycles. The molecule has 0 amide bonds. The van der Waals surface area contributed by atoms with Crippen LogP contribution in [0.5, 0.6) is 0 Å². The van der Waals surface area contributed by atoms with Gasteiger partial charge in [-0.25, -0.2) is 13.1 Å². The molecule has 0 aromatic heterocycles. The van der Waals surface area contributed by atoms with Crippen molar-refractivity contribution in [1.82, 2.24) is 9.62 Å². The van der Waals surface area contributed by atoms with Gasteiger partial charge in [0.25, 0.3) is 0 Å². The van der Waals surface area contributed by atoms with Gasteiger partial charge in [-0.2, -0.15) is 0 Å². The molecule has 0 unspecified atom stereocenters. The number of hydrogen-bond donors (Lipinski definition) is 2. The summed E-state index contributed by atoms with van der Waals surface area (Å²) in [6, 6.07) is 0. The first-order valence-electron chi connectivity index (χ1n) is 5.44. The highest BCUT2D eigenvalue weighted by molar-refractivity contribution is 7.89. The van der Waals surface area contributed by atoms with E-state index in [1.807, 2.05) is 0 Å². The molecular formula is C9H20N2O3S. The number of nitrogens with zero attached hydrogens (tertiary/aromatic N) is 1. The van der Waals surface area contributed by atoms with Crippen molar-refractivity contribution >= 4 is 10.0 Å². The third-order valence-corrected chi connectivity index (χ3v) is 3.92. The Morgan fingerprint density at radius 2 is 1.87 bits per heavy atom. The molecule has 0 bridgehead atoms. The van der Waals surface area contributed by atoms with Crippen molar-refractivity contribution in [3.63, 3.8) is 0 Å². The zero-order valence-electron chi connectivity index (χ0n) is 8.98.